The van der Waals surface area contributed by atoms with E-state index in [0.29, 0.717) is 46.6 Å². The van der Waals surface area contributed by atoms with Gasteiger partial charge in [0, 0.05) is 29.1 Å². The van der Waals surface area contributed by atoms with Crippen molar-refractivity contribution in [2.75, 3.05) is 6.54 Å². The summed E-state index contributed by atoms with van der Waals surface area (Å²) in [6.45, 7) is 0.931. The Morgan fingerprint density at radius 1 is 1.08 bits per heavy atom. The summed E-state index contributed by atoms with van der Waals surface area (Å²) >= 11 is 6.59. The SMILES string of the molecule is O=C(O)c1ccccc1COc1ccc(CC2CCN(C3C4CC5CC3CC(O)(C5)C4)C2=O)c(Cl)c1. The molecule has 36 heavy (non-hydrogen) atoms. The molecule has 4 saturated carbocycles. The van der Waals surface area contributed by atoms with Gasteiger partial charge in [0.1, 0.15) is 12.4 Å². The number of ether oxygens (including phenoxy) is 1. The number of benzene rings is 2. The number of rotatable bonds is 7. The van der Waals surface area contributed by atoms with Gasteiger partial charge in [-0.1, -0.05) is 35.9 Å². The number of nitrogens with zero attached hydrogens (tertiary/aromatic N) is 1. The molecule has 1 amide bonds. The largest absolute Gasteiger partial charge is 0.489 e. The van der Waals surface area contributed by atoms with Crippen LogP contribution in [-0.2, 0) is 17.8 Å². The molecule has 2 aromatic rings. The van der Waals surface area contributed by atoms with E-state index in [1.807, 2.05) is 12.1 Å². The van der Waals surface area contributed by atoms with E-state index in [4.69, 9.17) is 16.3 Å². The molecular weight excluding hydrogens is 478 g/mol. The van der Waals surface area contributed by atoms with E-state index in [9.17, 15) is 19.8 Å². The molecule has 0 spiro atoms. The third kappa shape index (κ3) is 4.28. The van der Waals surface area contributed by atoms with Gasteiger partial charge in [0.05, 0.1) is 11.2 Å². The van der Waals surface area contributed by atoms with E-state index >= 15 is 0 Å². The Bertz CT molecular complexity index is 1180. The number of carbonyl (C=O) groups excluding carboxylic acids is 1. The van der Waals surface area contributed by atoms with Crippen LogP contribution < -0.4 is 4.74 Å². The molecule has 7 rings (SSSR count). The zero-order valence-electron chi connectivity index (χ0n) is 20.2. The van der Waals surface area contributed by atoms with Gasteiger partial charge in [-0.3, -0.25) is 4.79 Å². The van der Waals surface area contributed by atoms with Gasteiger partial charge < -0.3 is 19.8 Å². The standard InChI is InChI=1S/C29H32ClNO5/c30-25-12-23(36-16-20-3-1-2-4-24(20)28(33)34)6-5-18(25)11-19-7-8-31(27(19)32)26-21-9-17-10-22(26)15-29(35,13-17)14-21/h1-6,12,17,19,21-22,26,35H,7-11,13-16H2,(H,33,34). The molecule has 4 bridgehead atoms. The monoisotopic (exact) mass is 509 g/mol. The zero-order chi connectivity index (χ0) is 25.0. The summed E-state index contributed by atoms with van der Waals surface area (Å²) in [6, 6.07) is 12.6. The zero-order valence-corrected chi connectivity index (χ0v) is 21.0. The van der Waals surface area contributed by atoms with Crippen molar-refractivity contribution in [2.24, 2.45) is 23.7 Å². The summed E-state index contributed by atoms with van der Waals surface area (Å²) in [4.78, 5) is 27.0. The van der Waals surface area contributed by atoms with Crippen LogP contribution in [0.2, 0.25) is 5.02 Å². The molecule has 2 aromatic carbocycles. The number of halogens is 1. The molecule has 3 atom stereocenters. The maximum absolute atomic E-state index is 13.5. The fourth-order valence-corrected chi connectivity index (χ4v) is 8.02. The number of carboxylic acid groups (broad SMARTS) is 1. The number of amides is 1. The molecule has 5 aliphatic rings. The van der Waals surface area contributed by atoms with Crippen molar-refractivity contribution in [1.82, 2.24) is 4.90 Å². The molecule has 5 fully saturated rings. The maximum atomic E-state index is 13.5. The van der Waals surface area contributed by atoms with Crippen LogP contribution in [0.4, 0.5) is 0 Å². The van der Waals surface area contributed by atoms with Crippen LogP contribution in [0.25, 0.3) is 0 Å². The van der Waals surface area contributed by atoms with Crippen molar-refractivity contribution in [3.05, 3.63) is 64.2 Å². The third-order valence-electron chi connectivity index (χ3n) is 9.03. The van der Waals surface area contributed by atoms with Crippen molar-refractivity contribution in [3.63, 3.8) is 0 Å². The van der Waals surface area contributed by atoms with Crippen LogP contribution >= 0.6 is 11.6 Å². The average Bonchev–Trinajstić information content (AvgIpc) is 3.18. The summed E-state index contributed by atoms with van der Waals surface area (Å²) in [5, 5.41) is 20.8. The number of hydrogen-bond acceptors (Lipinski definition) is 4. The number of hydrogen-bond donors (Lipinski definition) is 2. The van der Waals surface area contributed by atoms with Gasteiger partial charge in [-0.2, -0.15) is 0 Å². The summed E-state index contributed by atoms with van der Waals surface area (Å²) in [5.74, 6) is 1.26. The maximum Gasteiger partial charge on any atom is 0.336 e. The van der Waals surface area contributed by atoms with Crippen molar-refractivity contribution in [2.45, 2.75) is 63.2 Å². The Morgan fingerprint density at radius 2 is 1.83 bits per heavy atom. The second-order valence-corrected chi connectivity index (χ2v) is 11.8. The number of aliphatic hydroxyl groups is 1. The quantitative estimate of drug-likeness (QED) is 0.551. The molecule has 1 aliphatic heterocycles. The van der Waals surface area contributed by atoms with Gasteiger partial charge in [0.2, 0.25) is 5.91 Å². The Kier molecular flexibility index (Phi) is 6.00. The van der Waals surface area contributed by atoms with Crippen LogP contribution in [0.5, 0.6) is 5.75 Å². The van der Waals surface area contributed by atoms with Crippen LogP contribution in [0.3, 0.4) is 0 Å². The second-order valence-electron chi connectivity index (χ2n) is 11.4. The van der Waals surface area contributed by atoms with Gasteiger partial charge in [-0.25, -0.2) is 4.79 Å². The van der Waals surface area contributed by atoms with Gasteiger partial charge in [0.15, 0.2) is 0 Å². The highest BCUT2D eigenvalue weighted by molar-refractivity contribution is 6.31. The molecule has 0 aromatic heterocycles. The fraction of sp³-hybridized carbons (Fsp3) is 0.517. The lowest BCUT2D eigenvalue weighted by Gasteiger charge is -2.59. The predicted octanol–water partition coefficient (Wildman–Crippen LogP) is 4.95. The first-order valence-electron chi connectivity index (χ1n) is 13.0. The lowest BCUT2D eigenvalue weighted by molar-refractivity contribution is -0.168. The Hall–Kier alpha value is -2.57. The first-order valence-corrected chi connectivity index (χ1v) is 13.4. The highest BCUT2D eigenvalue weighted by Crippen LogP contribution is 2.57. The van der Waals surface area contributed by atoms with Crippen LogP contribution in [0, 0.1) is 23.7 Å². The molecule has 6 nitrogen and oxygen atoms in total. The first kappa shape index (κ1) is 23.8. The van der Waals surface area contributed by atoms with Crippen LogP contribution in [-0.4, -0.2) is 45.2 Å². The van der Waals surface area contributed by atoms with Gasteiger partial charge >= 0.3 is 5.97 Å². The molecule has 1 heterocycles. The second kappa shape index (κ2) is 9.07. The number of likely N-dealkylation sites (tertiary alicyclic amines) is 1. The van der Waals surface area contributed by atoms with E-state index < -0.39 is 11.6 Å². The van der Waals surface area contributed by atoms with Crippen LogP contribution in [0.15, 0.2) is 42.5 Å². The Balaban J connectivity index is 1.10. The van der Waals surface area contributed by atoms with E-state index in [1.165, 1.54) is 0 Å². The molecule has 0 radical (unpaired) electrons. The number of carboxylic acids is 1. The Labute approximate surface area is 216 Å². The van der Waals surface area contributed by atoms with E-state index in [0.717, 1.165) is 50.6 Å². The van der Waals surface area contributed by atoms with Gasteiger partial charge in [0.25, 0.3) is 0 Å². The van der Waals surface area contributed by atoms with Crippen molar-refractivity contribution >= 4 is 23.5 Å². The molecule has 7 heteroatoms. The molecule has 4 aliphatic carbocycles. The molecule has 190 valence electrons. The lowest BCUT2D eigenvalue weighted by atomic mass is 9.52. The fourth-order valence-electron chi connectivity index (χ4n) is 7.78. The first-order chi connectivity index (χ1) is 17.3. The number of aromatic carboxylic acids is 1. The summed E-state index contributed by atoms with van der Waals surface area (Å²) < 4.78 is 5.83. The topological polar surface area (TPSA) is 87.1 Å². The average molecular weight is 510 g/mol. The van der Waals surface area contributed by atoms with Crippen molar-refractivity contribution in [3.8, 4) is 5.75 Å². The highest BCUT2D eigenvalue weighted by atomic mass is 35.5. The smallest absolute Gasteiger partial charge is 0.336 e. The molecular formula is C29H32ClNO5. The van der Waals surface area contributed by atoms with Gasteiger partial charge in [-0.15, -0.1) is 0 Å². The van der Waals surface area contributed by atoms with E-state index in [1.54, 1.807) is 30.3 Å². The van der Waals surface area contributed by atoms with Crippen molar-refractivity contribution in [1.29, 1.82) is 0 Å². The van der Waals surface area contributed by atoms with E-state index in [-0.39, 0.29) is 24.0 Å². The minimum atomic E-state index is -0.984. The van der Waals surface area contributed by atoms with Gasteiger partial charge in [-0.05, 0) is 86.5 Å². The molecule has 1 saturated heterocycles. The molecule has 2 N–H and O–H groups in total. The number of carbonyl (C=O) groups is 2. The van der Waals surface area contributed by atoms with Crippen molar-refractivity contribution < 1.29 is 24.5 Å². The minimum absolute atomic E-state index is 0.0722. The molecule has 3 unspecified atom stereocenters. The third-order valence-corrected chi connectivity index (χ3v) is 9.39. The summed E-state index contributed by atoms with van der Waals surface area (Å²) in [7, 11) is 0. The predicted molar refractivity (Wildman–Crippen MR) is 135 cm³/mol. The summed E-state index contributed by atoms with van der Waals surface area (Å²) in [5.41, 5.74) is 1.26. The minimum Gasteiger partial charge on any atom is -0.489 e. The summed E-state index contributed by atoms with van der Waals surface area (Å²) in [6.07, 6.45) is 6.40. The normalized spacial score (nSPS) is 32.8. The van der Waals surface area contributed by atoms with E-state index in [2.05, 4.69) is 4.90 Å². The lowest BCUT2D eigenvalue weighted by Crippen LogP contribution is -2.62. The van der Waals surface area contributed by atoms with Crippen LogP contribution in [0.1, 0.15) is 60.0 Å². The highest BCUT2D eigenvalue weighted by Gasteiger charge is 2.57. The Morgan fingerprint density at radius 3 is 2.53 bits per heavy atom.